The first-order valence-corrected chi connectivity index (χ1v) is 5.75. The van der Waals surface area contributed by atoms with Crippen molar-refractivity contribution in [2.75, 3.05) is 18.4 Å². The molecule has 5 heteroatoms. The highest BCUT2D eigenvalue weighted by atomic mass is 19.1. The van der Waals surface area contributed by atoms with Crippen molar-refractivity contribution in [2.24, 2.45) is 5.73 Å². The average Bonchev–Trinajstić information content (AvgIpc) is 2.80. The summed E-state index contributed by atoms with van der Waals surface area (Å²) < 4.78 is 13.1. The number of benzene rings is 1. The molecule has 2 heterocycles. The van der Waals surface area contributed by atoms with E-state index in [0.717, 1.165) is 25.1 Å². The summed E-state index contributed by atoms with van der Waals surface area (Å²) in [5, 5.41) is 2.72. The Bertz CT molecular complexity index is 477. The molecule has 1 aromatic rings. The minimum absolute atomic E-state index is 0.0836. The fourth-order valence-electron chi connectivity index (χ4n) is 2.63. The number of nitrogens with zero attached hydrogens (tertiary/aromatic N) is 1. The summed E-state index contributed by atoms with van der Waals surface area (Å²) in [5.74, 6) is -0.414. The van der Waals surface area contributed by atoms with Crippen molar-refractivity contribution in [1.29, 1.82) is 0 Å². The monoisotopic (exact) mass is 235 g/mol. The van der Waals surface area contributed by atoms with Crippen LogP contribution >= 0.6 is 0 Å². The SMILES string of the molecule is NC1CCN(C2C(=O)Nc3cc(F)ccc32)C1. The van der Waals surface area contributed by atoms with Crippen LogP contribution in [0.4, 0.5) is 10.1 Å². The molecule has 90 valence electrons. The maximum atomic E-state index is 13.1. The minimum Gasteiger partial charge on any atom is -0.326 e. The third-order valence-electron chi connectivity index (χ3n) is 3.44. The minimum atomic E-state index is -0.331. The van der Waals surface area contributed by atoms with Crippen molar-refractivity contribution in [1.82, 2.24) is 4.90 Å². The highest BCUT2D eigenvalue weighted by molar-refractivity contribution is 6.02. The summed E-state index contributed by atoms with van der Waals surface area (Å²) >= 11 is 0. The summed E-state index contributed by atoms with van der Waals surface area (Å²) in [6.45, 7) is 1.53. The second-order valence-electron chi connectivity index (χ2n) is 4.67. The molecular formula is C12H14FN3O. The third-order valence-corrected chi connectivity index (χ3v) is 3.44. The predicted octanol–water partition coefficient (Wildman–Crippen LogP) is 0.852. The molecule has 2 unspecified atom stereocenters. The molecule has 1 amide bonds. The van der Waals surface area contributed by atoms with E-state index in [2.05, 4.69) is 10.2 Å². The van der Waals surface area contributed by atoms with Gasteiger partial charge in [-0.3, -0.25) is 9.69 Å². The van der Waals surface area contributed by atoms with E-state index in [1.165, 1.54) is 12.1 Å². The molecule has 1 fully saturated rings. The maximum absolute atomic E-state index is 13.1. The zero-order valence-electron chi connectivity index (χ0n) is 9.32. The molecule has 0 bridgehead atoms. The summed E-state index contributed by atoms with van der Waals surface area (Å²) in [7, 11) is 0. The summed E-state index contributed by atoms with van der Waals surface area (Å²) in [6.07, 6.45) is 0.903. The molecule has 1 aromatic carbocycles. The Morgan fingerprint density at radius 1 is 1.47 bits per heavy atom. The molecule has 0 aromatic heterocycles. The molecule has 0 aliphatic carbocycles. The molecule has 0 spiro atoms. The first kappa shape index (κ1) is 10.7. The lowest BCUT2D eigenvalue weighted by Gasteiger charge is -2.21. The fraction of sp³-hybridized carbons (Fsp3) is 0.417. The number of halogens is 1. The number of amides is 1. The first-order valence-electron chi connectivity index (χ1n) is 5.75. The van der Waals surface area contributed by atoms with Crippen molar-refractivity contribution in [3.8, 4) is 0 Å². The topological polar surface area (TPSA) is 58.4 Å². The Labute approximate surface area is 98.6 Å². The number of carbonyl (C=O) groups is 1. The zero-order valence-corrected chi connectivity index (χ0v) is 9.32. The molecule has 17 heavy (non-hydrogen) atoms. The van der Waals surface area contributed by atoms with Gasteiger partial charge >= 0.3 is 0 Å². The Morgan fingerprint density at radius 2 is 2.29 bits per heavy atom. The van der Waals surface area contributed by atoms with Crippen LogP contribution in [-0.2, 0) is 4.79 Å². The Balaban J connectivity index is 1.94. The number of nitrogens with two attached hydrogens (primary N) is 1. The van der Waals surface area contributed by atoms with E-state index in [1.807, 2.05) is 0 Å². The van der Waals surface area contributed by atoms with E-state index in [0.29, 0.717) is 5.69 Å². The van der Waals surface area contributed by atoms with Gasteiger partial charge in [-0.2, -0.15) is 0 Å². The number of nitrogens with one attached hydrogen (secondary N) is 1. The number of hydrogen-bond acceptors (Lipinski definition) is 3. The highest BCUT2D eigenvalue weighted by Gasteiger charge is 2.38. The number of hydrogen-bond donors (Lipinski definition) is 2. The number of likely N-dealkylation sites (tertiary alicyclic amines) is 1. The lowest BCUT2D eigenvalue weighted by atomic mass is 10.1. The van der Waals surface area contributed by atoms with Crippen molar-refractivity contribution >= 4 is 11.6 Å². The van der Waals surface area contributed by atoms with Gasteiger partial charge in [0.05, 0.1) is 0 Å². The van der Waals surface area contributed by atoms with Gasteiger partial charge in [0.25, 0.3) is 0 Å². The van der Waals surface area contributed by atoms with Gasteiger partial charge in [-0.15, -0.1) is 0 Å². The molecule has 3 rings (SSSR count). The van der Waals surface area contributed by atoms with E-state index in [-0.39, 0.29) is 23.8 Å². The fourth-order valence-corrected chi connectivity index (χ4v) is 2.63. The van der Waals surface area contributed by atoms with E-state index < -0.39 is 0 Å². The van der Waals surface area contributed by atoms with Crippen molar-refractivity contribution in [3.05, 3.63) is 29.6 Å². The molecule has 2 aliphatic heterocycles. The summed E-state index contributed by atoms with van der Waals surface area (Å²) in [4.78, 5) is 14.0. The molecule has 0 radical (unpaired) electrons. The standard InChI is InChI=1S/C12H14FN3O/c13-7-1-2-9-10(5-7)15-12(17)11(9)16-4-3-8(14)6-16/h1-2,5,8,11H,3-4,6,14H2,(H,15,17). The highest BCUT2D eigenvalue weighted by Crippen LogP contribution is 2.36. The lowest BCUT2D eigenvalue weighted by Crippen LogP contribution is -2.33. The molecule has 1 saturated heterocycles. The van der Waals surface area contributed by atoms with Gasteiger partial charge in [0.1, 0.15) is 11.9 Å². The van der Waals surface area contributed by atoms with Crippen molar-refractivity contribution in [3.63, 3.8) is 0 Å². The number of carbonyl (C=O) groups excluding carboxylic acids is 1. The van der Waals surface area contributed by atoms with E-state index >= 15 is 0 Å². The van der Waals surface area contributed by atoms with Crippen LogP contribution in [0, 0.1) is 5.82 Å². The first-order chi connectivity index (χ1) is 8.15. The van der Waals surface area contributed by atoms with E-state index in [1.54, 1.807) is 6.07 Å². The van der Waals surface area contributed by atoms with Crippen LogP contribution in [0.5, 0.6) is 0 Å². The zero-order chi connectivity index (χ0) is 12.0. The summed E-state index contributed by atoms with van der Waals surface area (Å²) in [6, 6.07) is 4.26. The number of anilines is 1. The predicted molar refractivity (Wildman–Crippen MR) is 61.9 cm³/mol. The summed E-state index contributed by atoms with van der Waals surface area (Å²) in [5.41, 5.74) is 7.28. The molecule has 4 nitrogen and oxygen atoms in total. The van der Waals surface area contributed by atoms with Gasteiger partial charge in [-0.05, 0) is 18.6 Å². The normalized spacial score (nSPS) is 28.2. The van der Waals surface area contributed by atoms with Gasteiger partial charge in [0.2, 0.25) is 5.91 Å². The van der Waals surface area contributed by atoms with E-state index in [4.69, 9.17) is 5.73 Å². The number of fused-ring (bicyclic) bond motifs is 1. The third kappa shape index (κ3) is 1.71. The smallest absolute Gasteiger partial charge is 0.246 e. The van der Waals surface area contributed by atoms with Crippen molar-refractivity contribution < 1.29 is 9.18 Å². The van der Waals surface area contributed by atoms with Crippen LogP contribution in [0.2, 0.25) is 0 Å². The van der Waals surface area contributed by atoms with Crippen LogP contribution in [-0.4, -0.2) is 29.9 Å². The van der Waals surface area contributed by atoms with Gasteiger partial charge in [-0.1, -0.05) is 6.07 Å². The Morgan fingerprint density at radius 3 is 3.00 bits per heavy atom. The van der Waals surface area contributed by atoms with Crippen LogP contribution in [0.15, 0.2) is 18.2 Å². The largest absolute Gasteiger partial charge is 0.326 e. The second kappa shape index (κ2) is 3.78. The van der Waals surface area contributed by atoms with Crippen LogP contribution in [0.25, 0.3) is 0 Å². The molecule has 0 saturated carbocycles. The second-order valence-corrected chi connectivity index (χ2v) is 4.67. The number of rotatable bonds is 1. The average molecular weight is 235 g/mol. The maximum Gasteiger partial charge on any atom is 0.246 e. The van der Waals surface area contributed by atoms with Crippen molar-refractivity contribution in [2.45, 2.75) is 18.5 Å². The van der Waals surface area contributed by atoms with Gasteiger partial charge in [-0.25, -0.2) is 4.39 Å². The van der Waals surface area contributed by atoms with Crippen LogP contribution < -0.4 is 11.1 Å². The quantitative estimate of drug-likeness (QED) is 0.758. The molecular weight excluding hydrogens is 221 g/mol. The molecule has 3 N–H and O–H groups in total. The van der Waals surface area contributed by atoms with Gasteiger partial charge in [0.15, 0.2) is 0 Å². The Hall–Kier alpha value is -1.46. The van der Waals surface area contributed by atoms with Crippen LogP contribution in [0.1, 0.15) is 18.0 Å². The molecule has 2 atom stereocenters. The van der Waals surface area contributed by atoms with E-state index in [9.17, 15) is 9.18 Å². The van der Waals surface area contributed by atoms with Gasteiger partial charge < -0.3 is 11.1 Å². The lowest BCUT2D eigenvalue weighted by molar-refractivity contribution is -0.120. The van der Waals surface area contributed by atoms with Gasteiger partial charge in [0, 0.05) is 30.4 Å². The molecule has 2 aliphatic rings. The van der Waals surface area contributed by atoms with Crippen LogP contribution in [0.3, 0.4) is 0 Å². The Kier molecular flexibility index (Phi) is 2.38.